The number of halogens is 1. The van der Waals surface area contributed by atoms with E-state index >= 15 is 0 Å². The van der Waals surface area contributed by atoms with Gasteiger partial charge >= 0.3 is 0 Å². The quantitative estimate of drug-likeness (QED) is 0.367. The van der Waals surface area contributed by atoms with E-state index in [9.17, 15) is 9.18 Å². The molecule has 0 fully saturated rings. The number of fused-ring (bicyclic) bond motifs is 1. The number of nitrogens with zero attached hydrogens (tertiary/aromatic N) is 2. The third-order valence-corrected chi connectivity index (χ3v) is 5.31. The van der Waals surface area contributed by atoms with E-state index < -0.39 is 0 Å². The zero-order valence-corrected chi connectivity index (χ0v) is 18.1. The fourth-order valence-corrected chi connectivity index (χ4v) is 3.57. The second-order valence-corrected chi connectivity index (χ2v) is 7.73. The molecule has 0 saturated heterocycles. The number of carbonyl (C=O) groups excluding carboxylic acids is 1. The molecule has 4 rings (SSSR count). The molecular weight excluding hydrogens is 405 g/mol. The van der Waals surface area contributed by atoms with Crippen molar-refractivity contribution in [2.45, 2.75) is 32.9 Å². The van der Waals surface area contributed by atoms with Crippen LogP contribution in [0, 0.1) is 12.7 Å². The minimum atomic E-state index is -0.366. The van der Waals surface area contributed by atoms with Crippen LogP contribution >= 0.6 is 0 Å². The van der Waals surface area contributed by atoms with Crippen molar-refractivity contribution in [2.75, 3.05) is 6.61 Å². The van der Waals surface area contributed by atoms with Crippen LogP contribution in [0.2, 0.25) is 0 Å². The van der Waals surface area contributed by atoms with Gasteiger partial charge in [0.2, 0.25) is 0 Å². The lowest BCUT2D eigenvalue weighted by atomic mass is 10.2. The van der Waals surface area contributed by atoms with Gasteiger partial charge in [-0.15, -0.1) is 0 Å². The number of imidazole rings is 1. The van der Waals surface area contributed by atoms with Crippen molar-refractivity contribution in [3.8, 4) is 5.75 Å². The first-order valence-corrected chi connectivity index (χ1v) is 10.8. The Labute approximate surface area is 186 Å². The Balaban J connectivity index is 1.37. The highest BCUT2D eigenvalue weighted by Gasteiger charge is 2.12. The van der Waals surface area contributed by atoms with Crippen molar-refractivity contribution >= 4 is 16.9 Å². The lowest BCUT2D eigenvalue weighted by Crippen LogP contribution is -2.24. The lowest BCUT2D eigenvalue weighted by molar-refractivity contribution is 0.0949. The van der Waals surface area contributed by atoms with Crippen LogP contribution in [-0.4, -0.2) is 22.1 Å². The predicted octanol–water partition coefficient (Wildman–Crippen LogP) is 5.27. The number of aryl methyl sites for hydroxylation is 2. The molecule has 164 valence electrons. The number of benzene rings is 3. The van der Waals surface area contributed by atoms with Crippen molar-refractivity contribution in [1.29, 1.82) is 0 Å². The maximum Gasteiger partial charge on any atom is 0.251 e. The number of para-hydroxylation sites is 2. The van der Waals surface area contributed by atoms with Gasteiger partial charge in [0.05, 0.1) is 24.2 Å². The third-order valence-electron chi connectivity index (χ3n) is 5.31. The van der Waals surface area contributed by atoms with Gasteiger partial charge < -0.3 is 14.6 Å². The number of hydrogen-bond donors (Lipinski definition) is 1. The van der Waals surface area contributed by atoms with E-state index in [2.05, 4.69) is 16.8 Å². The number of unbranched alkanes of at least 4 members (excludes halogenated alkanes) is 1. The molecule has 0 aliphatic carbocycles. The summed E-state index contributed by atoms with van der Waals surface area (Å²) in [4.78, 5) is 17.1. The normalized spacial score (nSPS) is 10.9. The van der Waals surface area contributed by atoms with Gasteiger partial charge in [-0.25, -0.2) is 9.37 Å². The average molecular weight is 432 g/mol. The van der Waals surface area contributed by atoms with Crippen LogP contribution in [0.1, 0.15) is 34.6 Å². The number of hydrogen-bond acceptors (Lipinski definition) is 3. The van der Waals surface area contributed by atoms with E-state index in [4.69, 9.17) is 9.72 Å². The molecule has 0 aliphatic heterocycles. The molecule has 32 heavy (non-hydrogen) atoms. The Morgan fingerprint density at radius 1 is 1.00 bits per heavy atom. The molecule has 5 nitrogen and oxygen atoms in total. The van der Waals surface area contributed by atoms with E-state index in [0.717, 1.165) is 42.0 Å². The molecule has 3 aromatic carbocycles. The van der Waals surface area contributed by atoms with E-state index in [1.54, 1.807) is 0 Å². The SMILES string of the molecule is Cc1ccc(OCCCCn2c(CNC(=O)c3ccc(F)cc3)nc3ccccc32)cc1. The molecule has 0 saturated carbocycles. The molecule has 1 N–H and O–H groups in total. The van der Waals surface area contributed by atoms with E-state index in [-0.39, 0.29) is 11.7 Å². The van der Waals surface area contributed by atoms with Crippen LogP contribution < -0.4 is 10.1 Å². The Hall–Kier alpha value is -3.67. The summed E-state index contributed by atoms with van der Waals surface area (Å²) in [6.07, 6.45) is 1.83. The highest BCUT2D eigenvalue weighted by atomic mass is 19.1. The Kier molecular flexibility index (Phi) is 6.80. The van der Waals surface area contributed by atoms with E-state index in [1.165, 1.54) is 29.8 Å². The van der Waals surface area contributed by atoms with Crippen molar-refractivity contribution in [2.24, 2.45) is 0 Å². The number of ether oxygens (including phenoxy) is 1. The predicted molar refractivity (Wildman–Crippen MR) is 123 cm³/mol. The smallest absolute Gasteiger partial charge is 0.251 e. The van der Waals surface area contributed by atoms with Crippen LogP contribution in [-0.2, 0) is 13.1 Å². The summed E-state index contributed by atoms with van der Waals surface area (Å²) in [5, 5.41) is 2.89. The minimum absolute atomic E-state index is 0.255. The third kappa shape index (κ3) is 5.32. The first kappa shape index (κ1) is 21.6. The van der Waals surface area contributed by atoms with Gasteiger partial charge in [-0.05, 0) is 68.3 Å². The molecule has 0 radical (unpaired) electrons. The topological polar surface area (TPSA) is 56.1 Å². The molecule has 0 spiro atoms. The van der Waals surface area contributed by atoms with Crippen LogP contribution in [0.5, 0.6) is 5.75 Å². The summed E-state index contributed by atoms with van der Waals surface area (Å²) >= 11 is 0. The number of rotatable bonds is 9. The van der Waals surface area contributed by atoms with Crippen molar-refractivity contribution in [1.82, 2.24) is 14.9 Å². The Bertz CT molecular complexity index is 1180. The van der Waals surface area contributed by atoms with Gasteiger partial charge in [-0.1, -0.05) is 29.8 Å². The van der Waals surface area contributed by atoms with Crippen molar-refractivity contribution < 1.29 is 13.9 Å². The molecule has 1 amide bonds. The number of carbonyl (C=O) groups is 1. The lowest BCUT2D eigenvalue weighted by Gasteiger charge is -2.11. The standard InChI is InChI=1S/C26H26FN3O2/c1-19-8-14-22(15-9-19)32-17-5-4-16-30-24-7-3-2-6-23(24)29-25(30)18-28-26(31)20-10-12-21(27)13-11-20/h2-3,6-15H,4-5,16-18H2,1H3,(H,28,31). The summed E-state index contributed by atoms with van der Waals surface area (Å²) in [5.41, 5.74) is 3.57. The molecule has 0 atom stereocenters. The fraction of sp³-hybridized carbons (Fsp3) is 0.231. The summed E-state index contributed by atoms with van der Waals surface area (Å²) in [5.74, 6) is 1.05. The summed E-state index contributed by atoms with van der Waals surface area (Å²) < 4.78 is 21.1. The second-order valence-electron chi connectivity index (χ2n) is 7.73. The molecule has 1 aromatic heterocycles. The van der Waals surface area contributed by atoms with Crippen LogP contribution in [0.25, 0.3) is 11.0 Å². The van der Waals surface area contributed by atoms with E-state index in [0.29, 0.717) is 18.7 Å². The van der Waals surface area contributed by atoms with Gasteiger partial charge in [0, 0.05) is 12.1 Å². The van der Waals surface area contributed by atoms with Gasteiger partial charge in [0.1, 0.15) is 17.4 Å². The average Bonchev–Trinajstić information content (AvgIpc) is 3.16. The van der Waals surface area contributed by atoms with Gasteiger partial charge in [-0.2, -0.15) is 0 Å². The Morgan fingerprint density at radius 2 is 1.75 bits per heavy atom. The summed E-state index contributed by atoms with van der Waals surface area (Å²) in [6.45, 7) is 3.77. The monoisotopic (exact) mass is 431 g/mol. The van der Waals surface area contributed by atoms with Gasteiger partial charge in [-0.3, -0.25) is 4.79 Å². The summed E-state index contributed by atoms with van der Waals surface area (Å²) in [6, 6.07) is 21.5. The van der Waals surface area contributed by atoms with E-state index in [1.807, 2.05) is 48.5 Å². The van der Waals surface area contributed by atoms with Gasteiger partial charge in [0.15, 0.2) is 0 Å². The van der Waals surface area contributed by atoms with Crippen LogP contribution in [0.15, 0.2) is 72.8 Å². The molecule has 0 unspecified atom stereocenters. The Morgan fingerprint density at radius 3 is 2.53 bits per heavy atom. The maximum atomic E-state index is 13.1. The zero-order valence-electron chi connectivity index (χ0n) is 18.1. The highest BCUT2D eigenvalue weighted by molar-refractivity contribution is 5.94. The fourth-order valence-electron chi connectivity index (χ4n) is 3.57. The molecular formula is C26H26FN3O2. The van der Waals surface area contributed by atoms with Crippen LogP contribution in [0.4, 0.5) is 4.39 Å². The zero-order chi connectivity index (χ0) is 22.3. The molecule has 0 bridgehead atoms. The number of nitrogens with one attached hydrogen (secondary N) is 1. The van der Waals surface area contributed by atoms with Crippen molar-refractivity contribution in [3.05, 3.63) is 95.6 Å². The number of amides is 1. The number of aromatic nitrogens is 2. The minimum Gasteiger partial charge on any atom is -0.494 e. The molecule has 4 aromatic rings. The molecule has 0 aliphatic rings. The highest BCUT2D eigenvalue weighted by Crippen LogP contribution is 2.18. The first-order valence-electron chi connectivity index (χ1n) is 10.8. The maximum absolute atomic E-state index is 13.1. The summed E-state index contributed by atoms with van der Waals surface area (Å²) in [7, 11) is 0. The molecule has 6 heteroatoms. The van der Waals surface area contributed by atoms with Gasteiger partial charge in [0.25, 0.3) is 5.91 Å². The van der Waals surface area contributed by atoms with Crippen LogP contribution in [0.3, 0.4) is 0 Å². The molecule has 1 heterocycles. The second kappa shape index (κ2) is 10.1. The first-order chi connectivity index (χ1) is 15.6. The largest absolute Gasteiger partial charge is 0.494 e. The van der Waals surface area contributed by atoms with Crippen molar-refractivity contribution in [3.63, 3.8) is 0 Å².